The number of aromatic nitrogens is 5. The van der Waals surface area contributed by atoms with Gasteiger partial charge in [-0.15, -0.1) is 0 Å². The molecule has 11 aromatic rings. The smallest absolute Gasteiger partial charge is 0.238 e. The largest absolute Gasteiger partial charge is 0.309 e. The summed E-state index contributed by atoms with van der Waals surface area (Å²) in [6.45, 7) is 0. The van der Waals surface area contributed by atoms with E-state index in [-0.39, 0.29) is 0 Å². The lowest BCUT2D eigenvalue weighted by Gasteiger charge is -2.15. The highest BCUT2D eigenvalue weighted by molar-refractivity contribution is 6.11. The first kappa shape index (κ1) is 31.9. The van der Waals surface area contributed by atoms with Crippen LogP contribution in [0.1, 0.15) is 0 Å². The van der Waals surface area contributed by atoms with E-state index in [0.717, 1.165) is 55.2 Å². The number of nitrogens with zero attached hydrogens (tertiary/aromatic N) is 5. The van der Waals surface area contributed by atoms with Crippen LogP contribution < -0.4 is 0 Å². The SMILES string of the molecule is c1ccc(-c2cccc(-c3ccc4c(c3)c3ccccc3n4-c3nc(-c4ccccc4)nc(-c4ccccc4-n4c5ccccc5c5ccccc54)n3)c2)cc1. The quantitative estimate of drug-likeness (QED) is 0.172. The molecule has 8 aromatic carbocycles. The molecule has 5 nitrogen and oxygen atoms in total. The van der Waals surface area contributed by atoms with Gasteiger partial charge in [-0.1, -0.05) is 152 Å². The topological polar surface area (TPSA) is 48.5 Å². The van der Waals surface area contributed by atoms with E-state index in [2.05, 4.69) is 191 Å². The lowest BCUT2D eigenvalue weighted by molar-refractivity contribution is 0.951. The first-order valence-electron chi connectivity index (χ1n) is 18.9. The van der Waals surface area contributed by atoms with Gasteiger partial charge in [0.2, 0.25) is 5.95 Å². The van der Waals surface area contributed by atoms with E-state index >= 15 is 0 Å². The molecule has 0 atom stereocenters. The van der Waals surface area contributed by atoms with Crippen molar-refractivity contribution < 1.29 is 0 Å². The Kier molecular flexibility index (Phi) is 7.42. The molecule has 56 heavy (non-hydrogen) atoms. The Morgan fingerprint density at radius 1 is 0.286 bits per heavy atom. The molecule has 0 radical (unpaired) electrons. The second-order valence-electron chi connectivity index (χ2n) is 14.1. The van der Waals surface area contributed by atoms with Gasteiger partial charge in [0.25, 0.3) is 0 Å². The molecule has 0 spiro atoms. The maximum absolute atomic E-state index is 5.36. The standard InChI is InChI=1S/C51H33N5/c1-3-16-34(17-4-1)36-20-15-21-37(32-36)38-30-31-48-43(33-38)41-24-9-13-28-46(41)56(48)51-53-49(35-18-5-2-6-19-35)52-50(54-51)42-25-10-14-29-47(42)55-44-26-11-7-22-39(44)40-23-8-12-27-45(40)55/h1-33H. The van der Waals surface area contributed by atoms with Gasteiger partial charge in [-0.3, -0.25) is 4.57 Å². The monoisotopic (exact) mass is 715 g/mol. The Labute approximate surface area is 323 Å². The Morgan fingerprint density at radius 3 is 1.46 bits per heavy atom. The molecule has 5 heteroatoms. The fourth-order valence-corrected chi connectivity index (χ4v) is 8.22. The fraction of sp³-hybridized carbons (Fsp3) is 0. The minimum absolute atomic E-state index is 0.566. The van der Waals surface area contributed by atoms with Gasteiger partial charge >= 0.3 is 0 Å². The van der Waals surface area contributed by atoms with Crippen LogP contribution in [-0.4, -0.2) is 24.1 Å². The van der Waals surface area contributed by atoms with Crippen molar-refractivity contribution in [3.05, 3.63) is 200 Å². The number of hydrogen-bond donors (Lipinski definition) is 0. The fourth-order valence-electron chi connectivity index (χ4n) is 8.22. The number of rotatable bonds is 6. The van der Waals surface area contributed by atoms with Crippen LogP contribution in [0.2, 0.25) is 0 Å². The molecule has 0 aliphatic rings. The summed E-state index contributed by atoms with van der Waals surface area (Å²) in [6.07, 6.45) is 0. The molecule has 0 amide bonds. The van der Waals surface area contributed by atoms with Gasteiger partial charge in [-0.25, -0.2) is 4.98 Å². The first-order chi connectivity index (χ1) is 27.8. The second kappa shape index (κ2) is 13.0. The van der Waals surface area contributed by atoms with Crippen LogP contribution in [0.4, 0.5) is 0 Å². The van der Waals surface area contributed by atoms with Crippen LogP contribution in [0, 0.1) is 0 Å². The molecule has 0 unspecified atom stereocenters. The van der Waals surface area contributed by atoms with Crippen molar-refractivity contribution in [3.8, 4) is 56.7 Å². The molecule has 262 valence electrons. The molecule has 0 aliphatic carbocycles. The van der Waals surface area contributed by atoms with E-state index in [9.17, 15) is 0 Å². The van der Waals surface area contributed by atoms with Crippen molar-refractivity contribution in [1.82, 2.24) is 24.1 Å². The summed E-state index contributed by atoms with van der Waals surface area (Å²) in [5, 5.41) is 4.68. The van der Waals surface area contributed by atoms with E-state index in [4.69, 9.17) is 15.0 Å². The van der Waals surface area contributed by atoms with Crippen molar-refractivity contribution in [3.63, 3.8) is 0 Å². The number of benzene rings is 8. The highest BCUT2D eigenvalue weighted by Gasteiger charge is 2.21. The number of hydrogen-bond acceptors (Lipinski definition) is 3. The van der Waals surface area contributed by atoms with Crippen LogP contribution in [-0.2, 0) is 0 Å². The van der Waals surface area contributed by atoms with Crippen LogP contribution in [0.15, 0.2) is 200 Å². The predicted octanol–water partition coefficient (Wildman–Crippen LogP) is 12.7. The Hall–Kier alpha value is -7.63. The summed E-state index contributed by atoms with van der Waals surface area (Å²) >= 11 is 0. The minimum Gasteiger partial charge on any atom is -0.309 e. The molecule has 0 bridgehead atoms. The zero-order valence-electron chi connectivity index (χ0n) is 30.3. The average molecular weight is 716 g/mol. The van der Waals surface area contributed by atoms with Crippen molar-refractivity contribution in [1.29, 1.82) is 0 Å². The van der Waals surface area contributed by atoms with Gasteiger partial charge in [-0.05, 0) is 70.8 Å². The molecule has 0 aliphatic heterocycles. The first-order valence-corrected chi connectivity index (χ1v) is 18.9. The molecule has 0 saturated heterocycles. The normalized spacial score (nSPS) is 11.6. The third kappa shape index (κ3) is 5.21. The van der Waals surface area contributed by atoms with Gasteiger partial charge in [0.1, 0.15) is 0 Å². The van der Waals surface area contributed by atoms with Gasteiger partial charge in [-0.2, -0.15) is 9.97 Å². The Bertz CT molecular complexity index is 3200. The Morgan fingerprint density at radius 2 is 0.768 bits per heavy atom. The highest BCUT2D eigenvalue weighted by atomic mass is 15.2. The zero-order chi connectivity index (χ0) is 37.0. The van der Waals surface area contributed by atoms with Gasteiger partial charge in [0.05, 0.1) is 27.8 Å². The van der Waals surface area contributed by atoms with E-state index < -0.39 is 0 Å². The van der Waals surface area contributed by atoms with Gasteiger partial charge in [0, 0.05) is 32.7 Å². The van der Waals surface area contributed by atoms with Gasteiger partial charge < -0.3 is 4.57 Å². The van der Waals surface area contributed by atoms with Crippen LogP contribution in [0.5, 0.6) is 0 Å². The molecule has 0 saturated carbocycles. The summed E-state index contributed by atoms with van der Waals surface area (Å²) in [5.41, 5.74) is 11.9. The van der Waals surface area contributed by atoms with E-state index in [1.807, 2.05) is 18.2 Å². The minimum atomic E-state index is 0.566. The molecule has 3 aromatic heterocycles. The van der Waals surface area contributed by atoms with Crippen molar-refractivity contribution in [2.45, 2.75) is 0 Å². The van der Waals surface area contributed by atoms with Gasteiger partial charge in [0.15, 0.2) is 11.6 Å². The summed E-state index contributed by atoms with van der Waals surface area (Å²) < 4.78 is 4.52. The van der Waals surface area contributed by atoms with Crippen LogP contribution in [0.3, 0.4) is 0 Å². The second-order valence-corrected chi connectivity index (χ2v) is 14.1. The zero-order valence-corrected chi connectivity index (χ0v) is 30.3. The third-order valence-electron chi connectivity index (χ3n) is 10.8. The van der Waals surface area contributed by atoms with E-state index in [1.54, 1.807) is 0 Å². The summed E-state index contributed by atoms with van der Waals surface area (Å²) in [6, 6.07) is 70.3. The molecule has 0 fully saturated rings. The predicted molar refractivity (Wildman–Crippen MR) is 230 cm³/mol. The third-order valence-corrected chi connectivity index (χ3v) is 10.8. The van der Waals surface area contributed by atoms with Crippen molar-refractivity contribution in [2.24, 2.45) is 0 Å². The van der Waals surface area contributed by atoms with Crippen LogP contribution in [0.25, 0.3) is 100 Å². The lowest BCUT2D eigenvalue weighted by atomic mass is 9.98. The molecule has 11 rings (SSSR count). The molecular weight excluding hydrogens is 683 g/mol. The maximum Gasteiger partial charge on any atom is 0.238 e. The molecule has 0 N–H and O–H groups in total. The van der Waals surface area contributed by atoms with E-state index in [1.165, 1.54) is 27.5 Å². The number of para-hydroxylation sites is 4. The molecular formula is C51H33N5. The van der Waals surface area contributed by atoms with E-state index in [0.29, 0.717) is 17.6 Å². The van der Waals surface area contributed by atoms with Crippen molar-refractivity contribution in [2.75, 3.05) is 0 Å². The summed E-state index contributed by atoms with van der Waals surface area (Å²) in [5.74, 6) is 1.78. The van der Waals surface area contributed by atoms with Crippen molar-refractivity contribution >= 4 is 43.6 Å². The van der Waals surface area contributed by atoms with Crippen LogP contribution >= 0.6 is 0 Å². The summed E-state index contributed by atoms with van der Waals surface area (Å²) in [4.78, 5) is 15.8. The average Bonchev–Trinajstić information content (AvgIpc) is 3.79. The summed E-state index contributed by atoms with van der Waals surface area (Å²) in [7, 11) is 0. The molecule has 3 heterocycles. The number of fused-ring (bicyclic) bond motifs is 6. The Balaban J connectivity index is 1.14. The highest BCUT2D eigenvalue weighted by Crippen LogP contribution is 2.38. The lowest BCUT2D eigenvalue weighted by Crippen LogP contribution is -2.07. The maximum atomic E-state index is 5.36.